The quantitative estimate of drug-likeness (QED) is 0.502. The maximum absolute atomic E-state index is 11.1. The van der Waals surface area contributed by atoms with Crippen molar-refractivity contribution in [2.24, 2.45) is 0 Å². The summed E-state index contributed by atoms with van der Waals surface area (Å²) in [6, 6.07) is -0.892. The third-order valence-electron chi connectivity index (χ3n) is 1.68. The average Bonchev–Trinajstić information content (AvgIpc) is 2.25. The number of carboxylic acids is 1. The van der Waals surface area contributed by atoms with Gasteiger partial charge in [-0.05, 0) is 17.9 Å². The van der Waals surface area contributed by atoms with E-state index in [0.29, 0.717) is 12.2 Å². The third-order valence-corrected chi connectivity index (χ3v) is 2.61. The molecule has 16 heavy (non-hydrogen) atoms. The summed E-state index contributed by atoms with van der Waals surface area (Å²) in [5.74, 6) is 0.565. The van der Waals surface area contributed by atoms with Crippen molar-refractivity contribution in [3.63, 3.8) is 0 Å². The van der Waals surface area contributed by atoms with E-state index in [-0.39, 0.29) is 6.61 Å². The number of carboxylic acid groups (broad SMARTS) is 1. The topological polar surface area (TPSA) is 75.6 Å². The molecule has 0 aliphatic carbocycles. The van der Waals surface area contributed by atoms with Crippen LogP contribution in [-0.2, 0) is 9.53 Å². The molecule has 0 saturated heterocycles. The lowest BCUT2D eigenvalue weighted by Gasteiger charge is -2.13. The van der Waals surface area contributed by atoms with Gasteiger partial charge in [0.05, 0.1) is 0 Å². The highest BCUT2D eigenvalue weighted by Gasteiger charge is 2.19. The van der Waals surface area contributed by atoms with Crippen LogP contribution in [0.4, 0.5) is 4.79 Å². The Morgan fingerprint density at radius 1 is 1.62 bits per heavy atom. The molecule has 0 bridgehead atoms. The molecule has 1 atom stereocenters. The molecule has 5 nitrogen and oxygen atoms in total. The minimum Gasteiger partial charge on any atom is -0.480 e. The molecule has 0 saturated carbocycles. The van der Waals surface area contributed by atoms with Crippen molar-refractivity contribution < 1.29 is 19.4 Å². The molecular formula is C10H17NO4S. The third kappa shape index (κ3) is 7.17. The van der Waals surface area contributed by atoms with Gasteiger partial charge < -0.3 is 15.2 Å². The second-order valence-electron chi connectivity index (χ2n) is 2.91. The summed E-state index contributed by atoms with van der Waals surface area (Å²) in [5.41, 5.74) is 0. The Hall–Kier alpha value is -1.17. The van der Waals surface area contributed by atoms with E-state index in [9.17, 15) is 9.59 Å². The molecule has 2 N–H and O–H groups in total. The SMILES string of the molecule is C=CCOC(=O)NC(CCSCC)C(=O)O. The van der Waals surface area contributed by atoms with Crippen molar-refractivity contribution in [1.29, 1.82) is 0 Å². The van der Waals surface area contributed by atoms with Gasteiger partial charge in [-0.1, -0.05) is 19.6 Å². The van der Waals surface area contributed by atoms with Crippen LogP contribution in [0, 0.1) is 0 Å². The first-order chi connectivity index (χ1) is 7.61. The van der Waals surface area contributed by atoms with Crippen molar-refractivity contribution in [2.45, 2.75) is 19.4 Å². The van der Waals surface area contributed by atoms with Crippen LogP contribution in [0.3, 0.4) is 0 Å². The summed E-state index contributed by atoms with van der Waals surface area (Å²) < 4.78 is 4.64. The number of carbonyl (C=O) groups excluding carboxylic acids is 1. The zero-order valence-electron chi connectivity index (χ0n) is 9.27. The number of amides is 1. The molecule has 0 aliphatic heterocycles. The minimum absolute atomic E-state index is 0.0713. The molecule has 0 spiro atoms. The molecular weight excluding hydrogens is 230 g/mol. The van der Waals surface area contributed by atoms with Crippen LogP contribution in [0.2, 0.25) is 0 Å². The summed E-state index contributed by atoms with van der Waals surface area (Å²) in [4.78, 5) is 21.9. The van der Waals surface area contributed by atoms with Crippen LogP contribution in [0.15, 0.2) is 12.7 Å². The number of carbonyl (C=O) groups is 2. The Bertz CT molecular complexity index is 245. The van der Waals surface area contributed by atoms with Crippen molar-refractivity contribution in [3.8, 4) is 0 Å². The number of hydrogen-bond donors (Lipinski definition) is 2. The van der Waals surface area contributed by atoms with E-state index < -0.39 is 18.1 Å². The fourth-order valence-corrected chi connectivity index (χ4v) is 1.61. The second kappa shape index (κ2) is 9.08. The van der Waals surface area contributed by atoms with E-state index in [1.165, 1.54) is 6.08 Å². The lowest BCUT2D eigenvalue weighted by molar-refractivity contribution is -0.139. The molecule has 0 fully saturated rings. The second-order valence-corrected chi connectivity index (χ2v) is 4.30. The molecule has 0 aromatic heterocycles. The van der Waals surface area contributed by atoms with Gasteiger partial charge in [-0.3, -0.25) is 0 Å². The number of alkyl carbamates (subject to hydrolysis) is 1. The number of rotatable bonds is 8. The first-order valence-electron chi connectivity index (χ1n) is 4.96. The van der Waals surface area contributed by atoms with Crippen LogP contribution >= 0.6 is 11.8 Å². The summed E-state index contributed by atoms with van der Waals surface area (Å²) in [7, 11) is 0. The van der Waals surface area contributed by atoms with E-state index in [4.69, 9.17) is 5.11 Å². The van der Waals surface area contributed by atoms with Gasteiger partial charge in [0.1, 0.15) is 12.6 Å². The molecule has 0 aromatic carbocycles. The highest BCUT2D eigenvalue weighted by atomic mass is 32.2. The zero-order valence-corrected chi connectivity index (χ0v) is 10.1. The van der Waals surface area contributed by atoms with Gasteiger partial charge in [0.15, 0.2) is 0 Å². The minimum atomic E-state index is -1.05. The maximum Gasteiger partial charge on any atom is 0.408 e. The molecule has 0 radical (unpaired) electrons. The number of thioether (sulfide) groups is 1. The number of aliphatic carboxylic acids is 1. The Morgan fingerprint density at radius 2 is 2.31 bits per heavy atom. The Balaban J connectivity index is 3.96. The fraction of sp³-hybridized carbons (Fsp3) is 0.600. The van der Waals surface area contributed by atoms with Crippen LogP contribution in [0.25, 0.3) is 0 Å². The van der Waals surface area contributed by atoms with E-state index in [0.717, 1.165) is 5.75 Å². The van der Waals surface area contributed by atoms with E-state index in [2.05, 4.69) is 16.6 Å². The first kappa shape index (κ1) is 14.8. The number of nitrogens with one attached hydrogen (secondary N) is 1. The zero-order chi connectivity index (χ0) is 12.4. The lowest BCUT2D eigenvalue weighted by atomic mass is 10.2. The molecule has 0 aromatic rings. The van der Waals surface area contributed by atoms with Crippen LogP contribution in [-0.4, -0.2) is 41.3 Å². The first-order valence-corrected chi connectivity index (χ1v) is 6.12. The van der Waals surface area contributed by atoms with Gasteiger partial charge >= 0.3 is 12.1 Å². The largest absolute Gasteiger partial charge is 0.480 e. The predicted octanol–water partition coefficient (Wildman–Crippen LogP) is 1.50. The van der Waals surface area contributed by atoms with Gasteiger partial charge in [-0.15, -0.1) is 0 Å². The maximum atomic E-state index is 11.1. The van der Waals surface area contributed by atoms with E-state index in [1.807, 2.05) is 6.92 Å². The molecule has 92 valence electrons. The molecule has 1 amide bonds. The van der Waals surface area contributed by atoms with Crippen molar-refractivity contribution >= 4 is 23.8 Å². The highest BCUT2D eigenvalue weighted by molar-refractivity contribution is 7.99. The molecule has 0 aliphatic rings. The van der Waals surface area contributed by atoms with Gasteiger partial charge in [0.25, 0.3) is 0 Å². The smallest absolute Gasteiger partial charge is 0.408 e. The Labute approximate surface area is 99.2 Å². The summed E-state index contributed by atoms with van der Waals surface area (Å²) in [6.07, 6.45) is 1.08. The van der Waals surface area contributed by atoms with Crippen molar-refractivity contribution in [1.82, 2.24) is 5.32 Å². The molecule has 0 heterocycles. The Kier molecular flexibility index (Phi) is 8.42. The van der Waals surface area contributed by atoms with Crippen LogP contribution in [0.5, 0.6) is 0 Å². The van der Waals surface area contributed by atoms with Gasteiger partial charge in [0.2, 0.25) is 0 Å². The number of ether oxygens (including phenoxy) is 1. The Morgan fingerprint density at radius 3 is 2.81 bits per heavy atom. The summed E-state index contributed by atoms with van der Waals surface area (Å²) in [6.45, 7) is 5.45. The summed E-state index contributed by atoms with van der Waals surface area (Å²) >= 11 is 1.63. The van der Waals surface area contributed by atoms with E-state index in [1.54, 1.807) is 11.8 Å². The van der Waals surface area contributed by atoms with Gasteiger partial charge in [-0.2, -0.15) is 11.8 Å². The molecule has 1 unspecified atom stereocenters. The average molecular weight is 247 g/mol. The van der Waals surface area contributed by atoms with Crippen molar-refractivity contribution in [2.75, 3.05) is 18.1 Å². The standard InChI is InChI=1S/C10H17NO4S/c1-3-6-15-10(14)11-8(9(12)13)5-7-16-4-2/h3,8H,1,4-7H2,2H3,(H,11,14)(H,12,13). The monoisotopic (exact) mass is 247 g/mol. The molecule has 6 heteroatoms. The molecule has 0 rings (SSSR count). The predicted molar refractivity (Wildman–Crippen MR) is 63.7 cm³/mol. The summed E-state index contributed by atoms with van der Waals surface area (Å²) in [5, 5.41) is 11.1. The fourth-order valence-electron chi connectivity index (χ4n) is 0.921. The number of hydrogen-bond acceptors (Lipinski definition) is 4. The van der Waals surface area contributed by atoms with Crippen LogP contribution < -0.4 is 5.32 Å². The highest BCUT2D eigenvalue weighted by Crippen LogP contribution is 2.04. The normalized spacial score (nSPS) is 11.6. The van der Waals surface area contributed by atoms with E-state index >= 15 is 0 Å². The lowest BCUT2D eigenvalue weighted by Crippen LogP contribution is -2.41. The van der Waals surface area contributed by atoms with Crippen LogP contribution in [0.1, 0.15) is 13.3 Å². The van der Waals surface area contributed by atoms with Crippen molar-refractivity contribution in [3.05, 3.63) is 12.7 Å². The van der Waals surface area contributed by atoms with Gasteiger partial charge in [0, 0.05) is 0 Å². The van der Waals surface area contributed by atoms with Gasteiger partial charge in [-0.25, -0.2) is 9.59 Å².